The monoisotopic (exact) mass is 421 g/mol. The summed E-state index contributed by atoms with van der Waals surface area (Å²) >= 11 is 0. The molecule has 0 aromatic heterocycles. The van der Waals surface area contributed by atoms with Gasteiger partial charge >= 0.3 is 13.1 Å². The fourth-order valence-electron chi connectivity index (χ4n) is 3.64. The molecule has 0 spiro atoms. The molecular weight excluding hydrogens is 397 g/mol. The molecule has 2 aliphatic heterocycles. The minimum absolute atomic E-state index is 0.0295. The highest BCUT2D eigenvalue weighted by atomic mass is 16.5. The van der Waals surface area contributed by atoms with Gasteiger partial charge in [-0.2, -0.15) is 0 Å². The Morgan fingerprint density at radius 1 is 1.27 bits per heavy atom. The van der Waals surface area contributed by atoms with Crippen LogP contribution in [0.1, 0.15) is 22.3 Å². The minimum atomic E-state index is -1.57. The molecule has 1 aromatic carbocycles. The number of carboxylic acids is 1. The molecule has 2 saturated heterocycles. The summed E-state index contributed by atoms with van der Waals surface area (Å²) in [4.78, 5) is 36.9. The Morgan fingerprint density at radius 2 is 1.97 bits per heavy atom. The number of ether oxygens (including phenoxy) is 1. The second kappa shape index (κ2) is 8.90. The third kappa shape index (κ3) is 4.66. The highest BCUT2D eigenvalue weighted by Gasteiger charge is 2.40. The smallest absolute Gasteiger partial charge is 0.451 e. The van der Waals surface area contributed by atoms with Crippen molar-refractivity contribution in [2.45, 2.75) is 31.3 Å². The number of nitrogens with zero attached hydrogens (tertiary/aromatic N) is 1. The van der Waals surface area contributed by atoms with Gasteiger partial charge in [0.15, 0.2) is 0 Å². The number of carbonyl (C=O) groups excluding carboxylic acids is 2. The van der Waals surface area contributed by atoms with Crippen LogP contribution < -0.4 is 15.8 Å². The van der Waals surface area contributed by atoms with Crippen LogP contribution >= 0.6 is 0 Å². The first kappa shape index (κ1) is 21.9. The second-order valence-corrected chi connectivity index (χ2v) is 7.55. The normalized spacial score (nSPS) is 21.2. The fraction of sp³-hybridized carbons (Fsp3) is 0.500. The van der Waals surface area contributed by atoms with E-state index in [9.17, 15) is 24.6 Å². The van der Waals surface area contributed by atoms with Gasteiger partial charge in [-0.3, -0.25) is 9.59 Å². The third-order valence-corrected chi connectivity index (χ3v) is 5.39. The lowest BCUT2D eigenvalue weighted by molar-refractivity contribution is -0.142. The zero-order valence-corrected chi connectivity index (χ0v) is 16.2. The third-order valence-electron chi connectivity index (χ3n) is 5.39. The molecule has 3 rings (SSSR count). The lowest BCUT2D eigenvalue weighted by Gasteiger charge is -2.40. The minimum Gasteiger partial charge on any atom is -0.507 e. The summed E-state index contributed by atoms with van der Waals surface area (Å²) in [5, 5.41) is 40.6. The standard InChI is InChI=1S/C18H24BN3O8/c20-16(24)10-5-12(21-6-10)17(25)22-7-11(8-22)30-13-2-1-9(3-4-19(28)29)15(23)14(13)18(26)27/h1-2,10-12,21,23,28-29H,3-8H2,(H2,20,24)(H,26,27)/t10-,12-/m0/s1. The lowest BCUT2D eigenvalue weighted by Crippen LogP contribution is -2.59. The summed E-state index contributed by atoms with van der Waals surface area (Å²) in [6.45, 7) is 0.855. The van der Waals surface area contributed by atoms with E-state index in [4.69, 9.17) is 20.5 Å². The number of nitrogens with one attached hydrogen (secondary N) is 1. The van der Waals surface area contributed by atoms with Crippen LogP contribution in [0.15, 0.2) is 12.1 Å². The first-order chi connectivity index (χ1) is 14.2. The predicted molar refractivity (Wildman–Crippen MR) is 104 cm³/mol. The number of carbonyl (C=O) groups is 3. The van der Waals surface area contributed by atoms with Crippen molar-refractivity contribution in [2.24, 2.45) is 11.7 Å². The molecule has 2 atom stereocenters. The van der Waals surface area contributed by atoms with Crippen LogP contribution in [0.3, 0.4) is 0 Å². The van der Waals surface area contributed by atoms with Gasteiger partial charge in [-0.15, -0.1) is 0 Å². The first-order valence-corrected chi connectivity index (χ1v) is 9.59. The summed E-state index contributed by atoms with van der Waals surface area (Å²) in [6, 6.07) is 2.39. The molecule has 0 radical (unpaired) electrons. The number of nitrogens with two attached hydrogens (primary N) is 1. The van der Waals surface area contributed by atoms with Crippen LogP contribution in [0.4, 0.5) is 0 Å². The SMILES string of the molecule is NC(=O)[C@@H]1CN[C@H](C(=O)N2CC(Oc3ccc(CCB(O)O)c(O)c3C(=O)O)C2)C1. The molecule has 0 saturated carbocycles. The van der Waals surface area contributed by atoms with Crippen LogP contribution in [0.5, 0.6) is 11.5 Å². The Morgan fingerprint density at radius 3 is 2.53 bits per heavy atom. The highest BCUT2D eigenvalue weighted by molar-refractivity contribution is 6.41. The zero-order chi connectivity index (χ0) is 22.0. The number of aromatic hydroxyl groups is 1. The van der Waals surface area contributed by atoms with Crippen LogP contribution in [-0.2, 0) is 16.0 Å². The number of aryl methyl sites for hydroxylation is 1. The van der Waals surface area contributed by atoms with Gasteiger partial charge < -0.3 is 40.9 Å². The molecule has 30 heavy (non-hydrogen) atoms. The molecule has 162 valence electrons. The van der Waals surface area contributed by atoms with E-state index in [1.807, 2.05) is 0 Å². The van der Waals surface area contributed by atoms with E-state index >= 15 is 0 Å². The number of primary amides is 1. The quantitative estimate of drug-likeness (QED) is 0.263. The van der Waals surface area contributed by atoms with Crippen molar-refractivity contribution in [3.8, 4) is 11.5 Å². The summed E-state index contributed by atoms with van der Waals surface area (Å²) in [6.07, 6.45) is -0.0728. The summed E-state index contributed by atoms with van der Waals surface area (Å²) in [5.74, 6) is -2.88. The van der Waals surface area contributed by atoms with Crippen LogP contribution in [-0.4, -0.2) is 81.8 Å². The van der Waals surface area contributed by atoms with Crippen molar-refractivity contribution in [2.75, 3.05) is 19.6 Å². The number of likely N-dealkylation sites (tertiary alicyclic amines) is 1. The number of phenols is 1. The van der Waals surface area contributed by atoms with E-state index in [-0.39, 0.29) is 49.0 Å². The summed E-state index contributed by atoms with van der Waals surface area (Å²) in [7, 11) is -1.57. The average Bonchev–Trinajstić information content (AvgIpc) is 3.13. The van der Waals surface area contributed by atoms with Gasteiger partial charge in [0, 0.05) is 6.54 Å². The lowest BCUT2D eigenvalue weighted by atomic mass is 9.82. The van der Waals surface area contributed by atoms with E-state index in [2.05, 4.69) is 5.32 Å². The van der Waals surface area contributed by atoms with Gasteiger partial charge in [-0.25, -0.2) is 4.79 Å². The molecule has 2 fully saturated rings. The van der Waals surface area contributed by atoms with Crippen molar-refractivity contribution in [1.82, 2.24) is 10.2 Å². The Bertz CT molecular complexity index is 843. The molecule has 0 bridgehead atoms. The number of hydrogen-bond acceptors (Lipinski definition) is 8. The molecule has 7 N–H and O–H groups in total. The van der Waals surface area contributed by atoms with Crippen molar-refractivity contribution >= 4 is 24.9 Å². The fourth-order valence-corrected chi connectivity index (χ4v) is 3.64. The Balaban J connectivity index is 1.60. The van der Waals surface area contributed by atoms with Crippen molar-refractivity contribution < 1.29 is 39.4 Å². The van der Waals surface area contributed by atoms with E-state index in [0.29, 0.717) is 13.0 Å². The van der Waals surface area contributed by atoms with E-state index in [1.165, 1.54) is 12.1 Å². The van der Waals surface area contributed by atoms with Crippen LogP contribution in [0.2, 0.25) is 6.32 Å². The Kier molecular flexibility index (Phi) is 6.49. The summed E-state index contributed by atoms with van der Waals surface area (Å²) in [5.41, 5.74) is 5.12. The Hall–Kier alpha value is -2.83. The van der Waals surface area contributed by atoms with Crippen molar-refractivity contribution in [3.05, 3.63) is 23.3 Å². The molecule has 0 aliphatic carbocycles. The molecule has 2 amide bonds. The second-order valence-electron chi connectivity index (χ2n) is 7.55. The largest absolute Gasteiger partial charge is 0.507 e. The molecule has 0 unspecified atom stereocenters. The van der Waals surface area contributed by atoms with Gasteiger partial charge in [0.05, 0.1) is 25.0 Å². The maximum atomic E-state index is 12.5. The number of aromatic carboxylic acids is 1. The van der Waals surface area contributed by atoms with Gasteiger partial charge in [0.25, 0.3) is 0 Å². The van der Waals surface area contributed by atoms with E-state index in [1.54, 1.807) is 4.90 Å². The summed E-state index contributed by atoms with van der Waals surface area (Å²) < 4.78 is 5.68. The van der Waals surface area contributed by atoms with Crippen molar-refractivity contribution in [1.29, 1.82) is 0 Å². The van der Waals surface area contributed by atoms with Gasteiger partial charge in [0.1, 0.15) is 23.2 Å². The topological polar surface area (TPSA) is 183 Å². The maximum Gasteiger partial charge on any atom is 0.451 e. The number of rotatable bonds is 8. The van der Waals surface area contributed by atoms with Gasteiger partial charge in [-0.05, 0) is 30.8 Å². The molecule has 12 heteroatoms. The molecule has 2 heterocycles. The van der Waals surface area contributed by atoms with Crippen LogP contribution in [0, 0.1) is 5.92 Å². The zero-order valence-electron chi connectivity index (χ0n) is 16.2. The number of benzene rings is 1. The number of amides is 2. The van der Waals surface area contributed by atoms with E-state index < -0.39 is 42.5 Å². The van der Waals surface area contributed by atoms with Gasteiger partial charge in [-0.1, -0.05) is 6.07 Å². The van der Waals surface area contributed by atoms with Gasteiger partial charge in [0.2, 0.25) is 11.8 Å². The Labute approximate surface area is 172 Å². The average molecular weight is 421 g/mol. The first-order valence-electron chi connectivity index (χ1n) is 9.59. The predicted octanol–water partition coefficient (Wildman–Crippen LogP) is -1.84. The van der Waals surface area contributed by atoms with Crippen molar-refractivity contribution in [3.63, 3.8) is 0 Å². The van der Waals surface area contributed by atoms with Crippen LogP contribution in [0.25, 0.3) is 0 Å². The number of hydrogen-bond donors (Lipinski definition) is 6. The molecule has 2 aliphatic rings. The van der Waals surface area contributed by atoms with E-state index in [0.717, 1.165) is 0 Å². The maximum absolute atomic E-state index is 12.5. The molecular formula is C18H24BN3O8. The highest BCUT2D eigenvalue weighted by Crippen LogP contribution is 2.34. The number of carboxylic acid groups (broad SMARTS) is 1. The molecule has 11 nitrogen and oxygen atoms in total. The molecule has 1 aromatic rings.